The first-order valence-electron chi connectivity index (χ1n) is 11.1. The lowest BCUT2D eigenvalue weighted by Gasteiger charge is -2.22. The Labute approximate surface area is 205 Å². The van der Waals surface area contributed by atoms with Crippen molar-refractivity contribution in [2.45, 2.75) is 20.3 Å². The van der Waals surface area contributed by atoms with Crippen LogP contribution in [-0.2, 0) is 19.1 Å². The van der Waals surface area contributed by atoms with Crippen molar-refractivity contribution in [3.63, 3.8) is 0 Å². The number of nitrogen functional groups attached to an aromatic ring is 1. The summed E-state index contributed by atoms with van der Waals surface area (Å²) in [7, 11) is 1.55. The zero-order chi connectivity index (χ0) is 25.8. The molecule has 2 aromatic carbocycles. The third kappa shape index (κ3) is 8.71. The van der Waals surface area contributed by atoms with Crippen LogP contribution in [0, 0.1) is 5.41 Å². The van der Waals surface area contributed by atoms with E-state index in [1.54, 1.807) is 80.5 Å². The van der Waals surface area contributed by atoms with Gasteiger partial charge in [0.05, 0.1) is 25.2 Å². The zero-order valence-corrected chi connectivity index (χ0v) is 20.2. The summed E-state index contributed by atoms with van der Waals surface area (Å²) in [5.41, 5.74) is 7.51. The molecule has 0 bridgehead atoms. The Morgan fingerprint density at radius 3 is 2.20 bits per heavy atom. The van der Waals surface area contributed by atoms with Gasteiger partial charge >= 0.3 is 11.9 Å². The smallest absolute Gasteiger partial charge is 0.343 e. The molecule has 9 nitrogen and oxygen atoms in total. The first-order valence-corrected chi connectivity index (χ1v) is 11.1. The summed E-state index contributed by atoms with van der Waals surface area (Å²) in [4.78, 5) is 38.6. The third-order valence-electron chi connectivity index (χ3n) is 4.99. The molecule has 0 unspecified atom stereocenters. The highest BCUT2D eigenvalue weighted by atomic mass is 16.5. The van der Waals surface area contributed by atoms with Gasteiger partial charge in [0.1, 0.15) is 11.6 Å². The molecule has 9 heteroatoms. The van der Waals surface area contributed by atoms with Gasteiger partial charge in [-0.15, -0.1) is 0 Å². The van der Waals surface area contributed by atoms with Crippen molar-refractivity contribution in [3.05, 3.63) is 70.8 Å². The minimum Gasteiger partial charge on any atom is -0.466 e. The maximum atomic E-state index is 12.9. The first-order chi connectivity index (χ1) is 16.7. The minimum atomic E-state index is -0.534. The second kappa shape index (κ2) is 13.7. The van der Waals surface area contributed by atoms with Gasteiger partial charge in [-0.05, 0) is 61.9 Å². The number of ether oxygens (including phenoxy) is 3. The van der Waals surface area contributed by atoms with Crippen LogP contribution in [0.1, 0.15) is 41.8 Å². The van der Waals surface area contributed by atoms with E-state index in [2.05, 4.69) is 0 Å². The van der Waals surface area contributed by atoms with Gasteiger partial charge in [-0.2, -0.15) is 0 Å². The quantitative estimate of drug-likeness (QED) is 0.157. The summed E-state index contributed by atoms with van der Waals surface area (Å²) in [5.74, 6) is -0.843. The minimum absolute atomic E-state index is 0.0684. The van der Waals surface area contributed by atoms with Crippen LogP contribution in [0.5, 0.6) is 5.75 Å². The van der Waals surface area contributed by atoms with Crippen molar-refractivity contribution in [1.82, 2.24) is 4.90 Å². The number of carbonyl (C=O) groups is 3. The molecule has 0 radical (unpaired) electrons. The summed E-state index contributed by atoms with van der Waals surface area (Å²) in [6, 6.07) is 13.0. The van der Waals surface area contributed by atoms with Crippen LogP contribution in [0.2, 0.25) is 0 Å². The number of hydrogen-bond acceptors (Lipinski definition) is 7. The Hall–Kier alpha value is -3.98. The largest absolute Gasteiger partial charge is 0.466 e. The monoisotopic (exact) mass is 481 g/mol. The highest BCUT2D eigenvalue weighted by Gasteiger charge is 2.17. The van der Waals surface area contributed by atoms with Crippen LogP contribution in [0.25, 0.3) is 6.08 Å². The molecule has 186 valence electrons. The standard InChI is InChI=1S/C26H31N3O6/c1-4-34-23(30)13-14-29(15-16-33-3)25(31)18(2)17-19-5-7-21(8-6-19)26(32)35-22-11-9-20(10-12-22)24(27)28/h5-12,17H,4,13-16H2,1-3H3,(H3,27,28). The maximum absolute atomic E-state index is 12.9. The van der Waals surface area contributed by atoms with Crippen molar-refractivity contribution in [1.29, 1.82) is 5.41 Å². The van der Waals surface area contributed by atoms with E-state index < -0.39 is 5.97 Å². The van der Waals surface area contributed by atoms with Crippen molar-refractivity contribution in [3.8, 4) is 5.75 Å². The van der Waals surface area contributed by atoms with E-state index in [0.717, 1.165) is 5.56 Å². The number of amidine groups is 1. The Bertz CT molecular complexity index is 1060. The Kier molecular flexibility index (Phi) is 10.6. The molecule has 0 fully saturated rings. The number of rotatable bonds is 12. The molecule has 0 spiro atoms. The number of nitrogens with one attached hydrogen (secondary N) is 1. The number of nitrogens with zero attached hydrogens (tertiary/aromatic N) is 1. The highest BCUT2D eigenvalue weighted by Crippen LogP contribution is 2.16. The van der Waals surface area contributed by atoms with Gasteiger partial charge in [0.25, 0.3) is 0 Å². The average molecular weight is 482 g/mol. The fourth-order valence-electron chi connectivity index (χ4n) is 3.12. The van der Waals surface area contributed by atoms with Gasteiger partial charge in [-0.25, -0.2) is 4.79 Å². The van der Waals surface area contributed by atoms with E-state index in [4.69, 9.17) is 25.4 Å². The number of nitrogens with two attached hydrogens (primary N) is 1. The molecule has 0 aliphatic heterocycles. The van der Waals surface area contributed by atoms with E-state index in [-0.39, 0.29) is 30.7 Å². The van der Waals surface area contributed by atoms with E-state index in [1.807, 2.05) is 0 Å². The highest BCUT2D eigenvalue weighted by molar-refractivity contribution is 5.98. The summed E-state index contributed by atoms with van der Waals surface area (Å²) in [5, 5.41) is 7.40. The van der Waals surface area contributed by atoms with Gasteiger partial charge in [0.15, 0.2) is 0 Å². The van der Waals surface area contributed by atoms with E-state index in [0.29, 0.717) is 42.2 Å². The molecule has 0 saturated carbocycles. The summed E-state index contributed by atoms with van der Waals surface area (Å²) in [6.07, 6.45) is 1.81. The number of amides is 1. The third-order valence-corrected chi connectivity index (χ3v) is 4.99. The van der Waals surface area contributed by atoms with Crippen molar-refractivity contribution >= 4 is 29.8 Å². The van der Waals surface area contributed by atoms with Crippen LogP contribution in [0.3, 0.4) is 0 Å². The maximum Gasteiger partial charge on any atom is 0.343 e. The lowest BCUT2D eigenvalue weighted by Crippen LogP contribution is -2.36. The van der Waals surface area contributed by atoms with E-state index >= 15 is 0 Å². The number of methoxy groups -OCH3 is 1. The normalized spacial score (nSPS) is 11.0. The molecule has 0 atom stereocenters. The average Bonchev–Trinajstić information content (AvgIpc) is 2.84. The SMILES string of the molecule is CCOC(=O)CCN(CCOC)C(=O)C(C)=Cc1ccc(C(=O)Oc2ccc(C(=N)N)cc2)cc1. The van der Waals surface area contributed by atoms with Gasteiger partial charge in [-0.3, -0.25) is 15.0 Å². The predicted molar refractivity (Wildman–Crippen MR) is 132 cm³/mol. The van der Waals surface area contributed by atoms with Gasteiger partial charge in [0, 0.05) is 31.3 Å². The van der Waals surface area contributed by atoms with Gasteiger partial charge in [-0.1, -0.05) is 12.1 Å². The summed E-state index contributed by atoms with van der Waals surface area (Å²) < 4.78 is 15.4. The molecule has 35 heavy (non-hydrogen) atoms. The molecular weight excluding hydrogens is 450 g/mol. The van der Waals surface area contributed by atoms with Gasteiger partial charge in [0.2, 0.25) is 5.91 Å². The Morgan fingerprint density at radius 1 is 1.00 bits per heavy atom. The second-order valence-electron chi connectivity index (χ2n) is 7.62. The molecule has 0 saturated heterocycles. The number of hydrogen-bond donors (Lipinski definition) is 2. The van der Waals surface area contributed by atoms with Crippen LogP contribution in [0.15, 0.2) is 54.1 Å². The Balaban J connectivity index is 2.04. The molecule has 0 aromatic heterocycles. The van der Waals surface area contributed by atoms with Crippen LogP contribution in [-0.4, -0.2) is 62.0 Å². The molecular formula is C26H31N3O6. The Morgan fingerprint density at radius 2 is 1.63 bits per heavy atom. The topological polar surface area (TPSA) is 132 Å². The number of esters is 2. The van der Waals surface area contributed by atoms with Crippen molar-refractivity contribution in [2.24, 2.45) is 5.73 Å². The lowest BCUT2D eigenvalue weighted by molar-refractivity contribution is -0.144. The molecule has 3 N–H and O–H groups in total. The molecule has 0 aliphatic carbocycles. The summed E-state index contributed by atoms with van der Waals surface area (Å²) in [6.45, 7) is 4.63. The molecule has 0 aliphatic rings. The molecule has 1 amide bonds. The lowest BCUT2D eigenvalue weighted by atomic mass is 10.1. The fourth-order valence-corrected chi connectivity index (χ4v) is 3.12. The van der Waals surface area contributed by atoms with E-state index in [1.165, 1.54) is 0 Å². The van der Waals surface area contributed by atoms with Crippen LogP contribution < -0.4 is 10.5 Å². The number of carbonyl (C=O) groups excluding carboxylic acids is 3. The summed E-state index contributed by atoms with van der Waals surface area (Å²) >= 11 is 0. The molecule has 2 aromatic rings. The first kappa shape index (κ1) is 27.3. The van der Waals surface area contributed by atoms with Gasteiger partial charge < -0.3 is 24.8 Å². The number of benzene rings is 2. The molecule has 2 rings (SSSR count). The van der Waals surface area contributed by atoms with Crippen LogP contribution in [0.4, 0.5) is 0 Å². The zero-order valence-electron chi connectivity index (χ0n) is 20.2. The fraction of sp³-hybridized carbons (Fsp3) is 0.308. The van der Waals surface area contributed by atoms with Crippen molar-refractivity contribution in [2.75, 3.05) is 33.4 Å². The van der Waals surface area contributed by atoms with Crippen LogP contribution >= 0.6 is 0 Å². The van der Waals surface area contributed by atoms with Crippen molar-refractivity contribution < 1.29 is 28.6 Å². The second-order valence-corrected chi connectivity index (χ2v) is 7.62. The van der Waals surface area contributed by atoms with E-state index in [9.17, 15) is 14.4 Å². The molecule has 0 heterocycles. The predicted octanol–water partition coefficient (Wildman–Crippen LogP) is 3.02.